The summed E-state index contributed by atoms with van der Waals surface area (Å²) in [6.07, 6.45) is -2.67. The Hall–Kier alpha value is -0.990. The molecular weight excluding hydrogens is 189 g/mol. The van der Waals surface area contributed by atoms with Crippen LogP contribution in [-0.4, -0.2) is 0 Å². The maximum atomic E-state index is 12.5. The molecule has 0 aromatic heterocycles. The van der Waals surface area contributed by atoms with Crippen LogP contribution in [0.3, 0.4) is 0 Å². The molecule has 0 saturated carbocycles. The fraction of sp³-hybridized carbons (Fsp3) is 0.455. The predicted octanol–water partition coefficient (Wildman–Crippen LogP) is 3.97. The molecule has 0 spiro atoms. The van der Waals surface area contributed by atoms with Gasteiger partial charge in [-0.1, -0.05) is 25.5 Å². The third-order valence-electron chi connectivity index (χ3n) is 2.15. The summed E-state index contributed by atoms with van der Waals surface area (Å²) in [5.41, 5.74) is 0.534. The van der Waals surface area contributed by atoms with Gasteiger partial charge in [0.05, 0.1) is 5.56 Å². The van der Waals surface area contributed by atoms with Gasteiger partial charge in [0.15, 0.2) is 0 Å². The predicted molar refractivity (Wildman–Crippen MR) is 50.2 cm³/mol. The SMILES string of the molecule is CCCc1ccc(C)c(C(F)(F)F)c1. The van der Waals surface area contributed by atoms with E-state index in [0.29, 0.717) is 6.42 Å². The Balaban J connectivity index is 3.09. The first-order chi connectivity index (χ1) is 6.45. The van der Waals surface area contributed by atoms with E-state index in [1.165, 1.54) is 19.1 Å². The molecule has 0 bridgehead atoms. The molecule has 0 heterocycles. The van der Waals surface area contributed by atoms with E-state index >= 15 is 0 Å². The van der Waals surface area contributed by atoms with Crippen LogP contribution in [0.5, 0.6) is 0 Å². The number of hydrogen-bond donors (Lipinski definition) is 0. The Kier molecular flexibility index (Phi) is 3.19. The molecule has 0 fully saturated rings. The van der Waals surface area contributed by atoms with Gasteiger partial charge in [-0.3, -0.25) is 0 Å². The van der Waals surface area contributed by atoms with Crippen molar-refractivity contribution in [2.24, 2.45) is 0 Å². The summed E-state index contributed by atoms with van der Waals surface area (Å²) >= 11 is 0. The van der Waals surface area contributed by atoms with Crippen molar-refractivity contribution in [1.29, 1.82) is 0 Å². The van der Waals surface area contributed by atoms with Gasteiger partial charge in [-0.2, -0.15) is 13.2 Å². The second-order valence-electron chi connectivity index (χ2n) is 3.40. The van der Waals surface area contributed by atoms with Gasteiger partial charge in [-0.15, -0.1) is 0 Å². The smallest absolute Gasteiger partial charge is 0.166 e. The lowest BCUT2D eigenvalue weighted by Crippen LogP contribution is -2.08. The van der Waals surface area contributed by atoms with E-state index in [9.17, 15) is 13.2 Å². The molecule has 1 aromatic carbocycles. The average molecular weight is 202 g/mol. The van der Waals surface area contributed by atoms with E-state index in [-0.39, 0.29) is 5.56 Å². The zero-order valence-electron chi connectivity index (χ0n) is 8.28. The molecule has 0 N–H and O–H groups in total. The molecule has 78 valence electrons. The molecule has 1 aromatic rings. The summed E-state index contributed by atoms with van der Waals surface area (Å²) in [4.78, 5) is 0. The van der Waals surface area contributed by atoms with Crippen LogP contribution in [0.4, 0.5) is 13.2 Å². The molecule has 0 amide bonds. The first-order valence-corrected chi connectivity index (χ1v) is 4.62. The van der Waals surface area contributed by atoms with Crippen molar-refractivity contribution in [3.05, 3.63) is 34.9 Å². The van der Waals surface area contributed by atoms with Gasteiger partial charge < -0.3 is 0 Å². The highest BCUT2D eigenvalue weighted by atomic mass is 19.4. The van der Waals surface area contributed by atoms with Crippen LogP contribution in [-0.2, 0) is 12.6 Å². The Labute approximate surface area is 81.8 Å². The minimum atomic E-state index is -4.23. The van der Waals surface area contributed by atoms with Gasteiger partial charge in [0.1, 0.15) is 0 Å². The van der Waals surface area contributed by atoms with Crippen molar-refractivity contribution >= 4 is 0 Å². The van der Waals surface area contributed by atoms with Gasteiger partial charge in [-0.25, -0.2) is 0 Å². The minimum Gasteiger partial charge on any atom is -0.166 e. The van der Waals surface area contributed by atoms with Crippen LogP contribution in [0.2, 0.25) is 0 Å². The molecule has 0 aliphatic carbocycles. The van der Waals surface area contributed by atoms with E-state index in [1.807, 2.05) is 6.92 Å². The van der Waals surface area contributed by atoms with Crippen LogP contribution < -0.4 is 0 Å². The van der Waals surface area contributed by atoms with Crippen LogP contribution in [0.15, 0.2) is 18.2 Å². The summed E-state index contributed by atoms with van der Waals surface area (Å²) in [6, 6.07) is 4.54. The molecule has 0 unspecified atom stereocenters. The van der Waals surface area contributed by atoms with Gasteiger partial charge in [0.2, 0.25) is 0 Å². The Morgan fingerprint density at radius 2 is 1.86 bits per heavy atom. The maximum Gasteiger partial charge on any atom is 0.416 e. The normalized spacial score (nSPS) is 11.8. The molecule has 1 rings (SSSR count). The van der Waals surface area contributed by atoms with Crippen molar-refractivity contribution in [3.8, 4) is 0 Å². The van der Waals surface area contributed by atoms with E-state index in [4.69, 9.17) is 0 Å². The summed E-state index contributed by atoms with van der Waals surface area (Å²) in [7, 11) is 0. The number of hydrogen-bond acceptors (Lipinski definition) is 0. The van der Waals surface area contributed by atoms with Crippen LogP contribution >= 0.6 is 0 Å². The molecule has 0 nitrogen and oxygen atoms in total. The summed E-state index contributed by atoms with van der Waals surface area (Å²) in [5.74, 6) is 0. The molecule has 14 heavy (non-hydrogen) atoms. The molecule has 0 aliphatic rings. The van der Waals surface area contributed by atoms with Gasteiger partial charge in [-0.05, 0) is 30.5 Å². The molecule has 0 saturated heterocycles. The monoisotopic (exact) mass is 202 g/mol. The number of alkyl halides is 3. The van der Waals surface area contributed by atoms with Gasteiger partial charge in [0, 0.05) is 0 Å². The Morgan fingerprint density at radius 1 is 1.21 bits per heavy atom. The lowest BCUT2D eigenvalue weighted by Gasteiger charge is -2.11. The maximum absolute atomic E-state index is 12.5. The minimum absolute atomic E-state index is 0.289. The van der Waals surface area contributed by atoms with Crippen molar-refractivity contribution in [3.63, 3.8) is 0 Å². The van der Waals surface area contributed by atoms with Crippen LogP contribution in [0.1, 0.15) is 30.0 Å². The largest absolute Gasteiger partial charge is 0.416 e. The van der Waals surface area contributed by atoms with Gasteiger partial charge >= 0.3 is 6.18 Å². The number of rotatable bonds is 2. The third kappa shape index (κ3) is 2.50. The Bertz CT molecular complexity index is 313. The average Bonchev–Trinajstić information content (AvgIpc) is 2.07. The summed E-state index contributed by atoms with van der Waals surface area (Å²) in [5, 5.41) is 0. The second kappa shape index (κ2) is 4.03. The standard InChI is InChI=1S/C11H13F3/c1-3-4-9-6-5-8(2)10(7-9)11(12,13)14/h5-7H,3-4H2,1-2H3. The fourth-order valence-corrected chi connectivity index (χ4v) is 1.42. The van der Waals surface area contributed by atoms with Crippen molar-refractivity contribution < 1.29 is 13.2 Å². The molecule has 0 radical (unpaired) electrons. The number of benzene rings is 1. The first-order valence-electron chi connectivity index (χ1n) is 4.62. The van der Waals surface area contributed by atoms with Crippen molar-refractivity contribution in [2.45, 2.75) is 32.9 Å². The van der Waals surface area contributed by atoms with Crippen LogP contribution in [0, 0.1) is 6.92 Å². The zero-order valence-corrected chi connectivity index (χ0v) is 8.28. The van der Waals surface area contributed by atoms with E-state index < -0.39 is 11.7 Å². The highest BCUT2D eigenvalue weighted by Crippen LogP contribution is 2.32. The number of aryl methyl sites for hydroxylation is 2. The highest BCUT2D eigenvalue weighted by Gasteiger charge is 2.32. The molecular formula is C11H13F3. The quantitative estimate of drug-likeness (QED) is 0.680. The lowest BCUT2D eigenvalue weighted by atomic mass is 10.0. The molecule has 3 heteroatoms. The zero-order chi connectivity index (χ0) is 10.8. The highest BCUT2D eigenvalue weighted by molar-refractivity contribution is 5.33. The fourth-order valence-electron chi connectivity index (χ4n) is 1.42. The van der Waals surface area contributed by atoms with Crippen LogP contribution in [0.25, 0.3) is 0 Å². The first kappa shape index (κ1) is 11.1. The second-order valence-corrected chi connectivity index (χ2v) is 3.40. The topological polar surface area (TPSA) is 0 Å². The van der Waals surface area contributed by atoms with Crippen molar-refractivity contribution in [2.75, 3.05) is 0 Å². The molecule has 0 atom stereocenters. The third-order valence-corrected chi connectivity index (χ3v) is 2.15. The Morgan fingerprint density at radius 3 is 2.36 bits per heavy atom. The van der Waals surface area contributed by atoms with E-state index in [0.717, 1.165) is 12.0 Å². The summed E-state index contributed by atoms with van der Waals surface area (Å²) < 4.78 is 37.4. The van der Waals surface area contributed by atoms with E-state index in [1.54, 1.807) is 6.07 Å². The van der Waals surface area contributed by atoms with Crippen molar-refractivity contribution in [1.82, 2.24) is 0 Å². The van der Waals surface area contributed by atoms with Gasteiger partial charge in [0.25, 0.3) is 0 Å². The van der Waals surface area contributed by atoms with E-state index in [2.05, 4.69) is 0 Å². The number of halogens is 3. The molecule has 0 aliphatic heterocycles. The lowest BCUT2D eigenvalue weighted by molar-refractivity contribution is -0.138. The summed E-state index contributed by atoms with van der Waals surface area (Å²) in [6.45, 7) is 3.44.